The fraction of sp³-hybridized carbons (Fsp3) is 0.407. The quantitative estimate of drug-likeness (QED) is 0.575. The maximum Gasteiger partial charge on any atom is 0.327 e. The second kappa shape index (κ2) is 12.2. The number of rotatable bonds is 7. The molecule has 0 spiro atoms. The maximum atomic E-state index is 13.6. The summed E-state index contributed by atoms with van der Waals surface area (Å²) in [7, 11) is 1.61. The van der Waals surface area contributed by atoms with Crippen LogP contribution in [0.15, 0.2) is 66.2 Å². The highest BCUT2D eigenvalue weighted by Gasteiger charge is 2.28. The normalized spacial score (nSPS) is 16.0. The Morgan fingerprint density at radius 1 is 0.939 bits per heavy atom. The van der Waals surface area contributed by atoms with Crippen LogP contribution in [-0.2, 0) is 17.9 Å². The Bertz CT molecular complexity index is 954. The van der Waals surface area contributed by atoms with Crippen LogP contribution in [-0.4, -0.2) is 59.9 Å². The molecule has 1 aliphatic heterocycles. The third kappa shape index (κ3) is 7.46. The number of allylic oxidation sites excluding steroid dienone is 1. The Morgan fingerprint density at radius 3 is 2.42 bits per heavy atom. The highest BCUT2D eigenvalue weighted by Crippen LogP contribution is 2.18. The van der Waals surface area contributed by atoms with E-state index in [1.54, 1.807) is 12.0 Å². The summed E-state index contributed by atoms with van der Waals surface area (Å²) in [6.45, 7) is 7.73. The second-order valence-electron chi connectivity index (χ2n) is 8.71. The van der Waals surface area contributed by atoms with Crippen molar-refractivity contribution in [3.63, 3.8) is 0 Å². The van der Waals surface area contributed by atoms with Crippen molar-refractivity contribution in [2.75, 3.05) is 33.3 Å². The van der Waals surface area contributed by atoms with Gasteiger partial charge in [-0.05, 0) is 50.1 Å². The van der Waals surface area contributed by atoms with Crippen LogP contribution in [0.1, 0.15) is 37.8 Å². The van der Waals surface area contributed by atoms with Gasteiger partial charge in [0.2, 0.25) is 5.91 Å². The van der Waals surface area contributed by atoms with Crippen LogP contribution in [0.25, 0.3) is 0 Å². The van der Waals surface area contributed by atoms with Gasteiger partial charge in [-0.3, -0.25) is 14.6 Å². The van der Waals surface area contributed by atoms with Gasteiger partial charge in [0.25, 0.3) is 0 Å². The predicted octanol–water partition coefficient (Wildman–Crippen LogP) is 4.71. The predicted molar refractivity (Wildman–Crippen MR) is 131 cm³/mol. The summed E-state index contributed by atoms with van der Waals surface area (Å²) >= 11 is 0. The van der Waals surface area contributed by atoms with Crippen LogP contribution in [0.3, 0.4) is 0 Å². The number of imide groups is 1. The van der Waals surface area contributed by atoms with Crippen LogP contribution in [0.5, 0.6) is 5.75 Å². The van der Waals surface area contributed by atoms with E-state index in [2.05, 4.69) is 17.0 Å². The molecule has 6 nitrogen and oxygen atoms in total. The van der Waals surface area contributed by atoms with Gasteiger partial charge in [0.05, 0.1) is 13.7 Å². The van der Waals surface area contributed by atoms with Gasteiger partial charge >= 0.3 is 6.03 Å². The zero-order chi connectivity index (χ0) is 23.6. The van der Waals surface area contributed by atoms with E-state index in [-0.39, 0.29) is 18.5 Å². The maximum absolute atomic E-state index is 13.6. The molecule has 0 bridgehead atoms. The van der Waals surface area contributed by atoms with E-state index in [1.807, 2.05) is 62.4 Å². The van der Waals surface area contributed by atoms with Crippen LogP contribution >= 0.6 is 0 Å². The topological polar surface area (TPSA) is 53.1 Å². The highest BCUT2D eigenvalue weighted by molar-refractivity contribution is 5.94. The van der Waals surface area contributed by atoms with E-state index in [4.69, 9.17) is 4.74 Å². The Hall–Kier alpha value is -3.12. The van der Waals surface area contributed by atoms with Crippen molar-refractivity contribution in [1.82, 2.24) is 14.7 Å². The molecule has 176 valence electrons. The zero-order valence-electron chi connectivity index (χ0n) is 20.0. The lowest BCUT2D eigenvalue weighted by Crippen LogP contribution is -2.49. The van der Waals surface area contributed by atoms with Crippen LogP contribution in [0.4, 0.5) is 4.79 Å². The van der Waals surface area contributed by atoms with Crippen molar-refractivity contribution in [3.05, 3.63) is 77.4 Å². The number of benzene rings is 2. The third-order valence-corrected chi connectivity index (χ3v) is 5.80. The number of methoxy groups -OCH3 is 1. The van der Waals surface area contributed by atoms with Crippen molar-refractivity contribution in [3.8, 4) is 5.75 Å². The Labute approximate surface area is 197 Å². The summed E-state index contributed by atoms with van der Waals surface area (Å²) in [4.78, 5) is 32.3. The van der Waals surface area contributed by atoms with E-state index in [1.165, 1.54) is 10.5 Å². The van der Waals surface area contributed by atoms with E-state index in [0.717, 1.165) is 37.2 Å². The first-order valence-corrected chi connectivity index (χ1v) is 11.6. The molecular weight excluding hydrogens is 414 g/mol. The fourth-order valence-corrected chi connectivity index (χ4v) is 3.91. The van der Waals surface area contributed by atoms with Gasteiger partial charge in [-0.15, -0.1) is 0 Å². The van der Waals surface area contributed by atoms with Gasteiger partial charge < -0.3 is 9.64 Å². The largest absolute Gasteiger partial charge is 0.497 e. The first kappa shape index (κ1) is 24.5. The van der Waals surface area contributed by atoms with Gasteiger partial charge in [-0.1, -0.05) is 54.1 Å². The molecule has 0 unspecified atom stereocenters. The van der Waals surface area contributed by atoms with Crippen LogP contribution in [0, 0.1) is 0 Å². The number of hydrogen-bond acceptors (Lipinski definition) is 4. The molecule has 0 N–H and O–H groups in total. The lowest BCUT2D eigenvalue weighted by atomic mass is 10.1. The fourth-order valence-electron chi connectivity index (χ4n) is 3.91. The Balaban J connectivity index is 1.80. The molecule has 0 aliphatic carbocycles. The van der Waals surface area contributed by atoms with E-state index >= 15 is 0 Å². The summed E-state index contributed by atoms with van der Waals surface area (Å²) in [5.41, 5.74) is 3.26. The average molecular weight is 450 g/mol. The van der Waals surface area contributed by atoms with Gasteiger partial charge in [0.15, 0.2) is 0 Å². The zero-order valence-corrected chi connectivity index (χ0v) is 20.0. The molecule has 6 heteroatoms. The molecule has 1 aliphatic rings. The highest BCUT2D eigenvalue weighted by atomic mass is 16.5. The standard InChI is InChI=1S/C27H35N3O3/c1-22(2)14-16-29-18-17-28(20-23-9-5-4-6-10-23)15-8-13-26(31)30(27(29)32)21-24-11-7-12-25(19-24)33-3/h4-7,9-12,14,19H,8,13,15-18,20-21H2,1-3H3. The Kier molecular flexibility index (Phi) is 9.07. The smallest absolute Gasteiger partial charge is 0.327 e. The molecule has 0 atom stereocenters. The van der Waals surface area contributed by atoms with Crippen LogP contribution in [0.2, 0.25) is 0 Å². The number of ether oxygens (including phenoxy) is 1. The number of nitrogens with zero attached hydrogens (tertiary/aromatic N) is 3. The van der Waals surface area contributed by atoms with Crippen molar-refractivity contribution in [2.45, 2.75) is 39.8 Å². The summed E-state index contributed by atoms with van der Waals surface area (Å²) in [5.74, 6) is 0.581. The monoisotopic (exact) mass is 449 g/mol. The summed E-state index contributed by atoms with van der Waals surface area (Å²) in [5, 5.41) is 0. The number of carbonyl (C=O) groups is 2. The third-order valence-electron chi connectivity index (χ3n) is 5.80. The van der Waals surface area contributed by atoms with Crippen molar-refractivity contribution >= 4 is 11.9 Å². The lowest BCUT2D eigenvalue weighted by Gasteiger charge is -2.33. The van der Waals surface area contributed by atoms with Crippen molar-refractivity contribution < 1.29 is 14.3 Å². The molecule has 33 heavy (non-hydrogen) atoms. The van der Waals surface area contributed by atoms with Crippen molar-refractivity contribution in [1.29, 1.82) is 0 Å². The molecule has 1 saturated heterocycles. The number of carbonyl (C=O) groups excluding carboxylic acids is 2. The molecule has 0 aromatic heterocycles. The van der Waals surface area contributed by atoms with Gasteiger partial charge in [0.1, 0.15) is 5.75 Å². The van der Waals surface area contributed by atoms with E-state index < -0.39 is 0 Å². The van der Waals surface area contributed by atoms with Gasteiger partial charge in [-0.2, -0.15) is 0 Å². The van der Waals surface area contributed by atoms with E-state index in [0.29, 0.717) is 25.3 Å². The molecule has 0 saturated carbocycles. The molecule has 3 rings (SSSR count). The summed E-state index contributed by atoms with van der Waals surface area (Å²) in [6, 6.07) is 17.6. The molecule has 2 aromatic rings. The number of amides is 3. The average Bonchev–Trinajstić information content (AvgIpc) is 2.82. The van der Waals surface area contributed by atoms with E-state index in [9.17, 15) is 9.59 Å². The van der Waals surface area contributed by atoms with Crippen LogP contribution < -0.4 is 4.74 Å². The molecule has 1 fully saturated rings. The molecule has 2 aromatic carbocycles. The summed E-state index contributed by atoms with van der Waals surface area (Å²) in [6.07, 6.45) is 3.11. The minimum atomic E-state index is -0.234. The summed E-state index contributed by atoms with van der Waals surface area (Å²) < 4.78 is 5.31. The number of urea groups is 1. The molecule has 3 amide bonds. The minimum Gasteiger partial charge on any atom is -0.497 e. The SMILES string of the molecule is COc1cccc(CN2C(=O)CCCN(Cc3ccccc3)CCN(CC=C(C)C)C2=O)c1. The lowest BCUT2D eigenvalue weighted by molar-refractivity contribution is -0.129. The molecule has 1 heterocycles. The van der Waals surface area contributed by atoms with Gasteiger partial charge in [0, 0.05) is 32.6 Å². The Morgan fingerprint density at radius 2 is 1.70 bits per heavy atom. The first-order chi connectivity index (χ1) is 16.0. The molecule has 0 radical (unpaired) electrons. The van der Waals surface area contributed by atoms with Gasteiger partial charge in [-0.25, -0.2) is 4.79 Å². The first-order valence-electron chi connectivity index (χ1n) is 11.6. The molecular formula is C27H35N3O3. The number of hydrogen-bond donors (Lipinski definition) is 0. The minimum absolute atomic E-state index is 0.133. The second-order valence-corrected chi connectivity index (χ2v) is 8.71. The van der Waals surface area contributed by atoms with Crippen molar-refractivity contribution in [2.24, 2.45) is 0 Å².